The van der Waals surface area contributed by atoms with E-state index >= 15 is 0 Å². The predicted octanol–water partition coefficient (Wildman–Crippen LogP) is 6.69. The molecule has 2 aromatic carbocycles. The van der Waals surface area contributed by atoms with Gasteiger partial charge in [0.05, 0.1) is 6.61 Å². The quantitative estimate of drug-likeness (QED) is 0.398. The van der Waals surface area contributed by atoms with Crippen LogP contribution in [0, 0.1) is 19.3 Å². The molecule has 1 heterocycles. The molecule has 0 amide bonds. The number of rotatable bonds is 5. The number of terminal acetylenes is 1. The zero-order valence-electron chi connectivity index (χ0n) is 19.0. The van der Waals surface area contributed by atoms with Crippen molar-refractivity contribution in [2.75, 3.05) is 6.61 Å². The Morgan fingerprint density at radius 2 is 1.93 bits per heavy atom. The van der Waals surface area contributed by atoms with Crippen molar-refractivity contribution in [2.24, 2.45) is 0 Å². The maximum absolute atomic E-state index is 11.7. The average Bonchev–Trinajstić information content (AvgIpc) is 2.64. The zero-order chi connectivity index (χ0) is 22.1. The van der Waals surface area contributed by atoms with Gasteiger partial charge in [0.1, 0.15) is 0 Å². The first kappa shape index (κ1) is 22.5. The number of hydrogen-bond donors (Lipinski definition) is 0. The summed E-state index contributed by atoms with van der Waals surface area (Å²) in [7, 11) is 0. The molecular formula is C27H32O2S. The fourth-order valence-electron chi connectivity index (χ4n) is 4.67. The Balaban J connectivity index is 1.97. The molecule has 0 saturated carbocycles. The van der Waals surface area contributed by atoms with Gasteiger partial charge in [0, 0.05) is 21.6 Å². The monoisotopic (exact) mass is 420 g/mol. The molecule has 2 nitrogen and oxygen atoms in total. The van der Waals surface area contributed by atoms with Gasteiger partial charge in [-0.25, -0.2) is 0 Å². The van der Waals surface area contributed by atoms with Crippen molar-refractivity contribution in [2.45, 2.75) is 75.9 Å². The van der Waals surface area contributed by atoms with E-state index in [0.29, 0.717) is 19.4 Å². The van der Waals surface area contributed by atoms with Crippen LogP contribution in [0.4, 0.5) is 0 Å². The van der Waals surface area contributed by atoms with Crippen LogP contribution in [0.15, 0.2) is 35.2 Å². The minimum absolute atomic E-state index is 0.126. The van der Waals surface area contributed by atoms with Gasteiger partial charge in [0.2, 0.25) is 0 Å². The molecule has 2 aromatic rings. The van der Waals surface area contributed by atoms with Crippen molar-refractivity contribution in [3.8, 4) is 23.5 Å². The highest BCUT2D eigenvalue weighted by Gasteiger charge is 2.38. The lowest BCUT2D eigenvalue weighted by molar-refractivity contribution is -0.143. The fraction of sp³-hybridized carbons (Fsp3) is 0.444. The number of thioether (sulfide) groups is 1. The summed E-state index contributed by atoms with van der Waals surface area (Å²) in [5.41, 5.74) is 7.04. The third-order valence-corrected chi connectivity index (χ3v) is 7.04. The van der Waals surface area contributed by atoms with Gasteiger partial charge in [-0.05, 0) is 78.1 Å². The summed E-state index contributed by atoms with van der Waals surface area (Å²) in [4.78, 5) is 13.1. The Morgan fingerprint density at radius 3 is 2.60 bits per heavy atom. The van der Waals surface area contributed by atoms with Crippen LogP contribution in [-0.4, -0.2) is 17.3 Å². The molecule has 1 aliphatic rings. The number of ether oxygens (including phenoxy) is 1. The van der Waals surface area contributed by atoms with E-state index in [1.807, 2.05) is 18.7 Å². The number of benzene rings is 2. The number of fused-ring (bicyclic) bond motifs is 1. The lowest BCUT2D eigenvalue weighted by Gasteiger charge is -2.42. The largest absolute Gasteiger partial charge is 0.466 e. The number of carbonyl (C=O) groups is 1. The van der Waals surface area contributed by atoms with Crippen molar-refractivity contribution >= 4 is 17.7 Å². The summed E-state index contributed by atoms with van der Waals surface area (Å²) >= 11 is 1.98. The second-order valence-corrected chi connectivity index (χ2v) is 11.2. The topological polar surface area (TPSA) is 26.3 Å². The standard InChI is InChI=1S/C27H32O2S/c1-8-19-15-21(11-10-20(19)12-13-25(28)29-9-2)22-16-23-24(14-18(22)3)30-27(6,7)17-26(23,4)5/h1,10-11,14-16H,9,12-13,17H2,2-7H3. The van der Waals surface area contributed by atoms with Crippen molar-refractivity contribution in [3.05, 3.63) is 52.6 Å². The zero-order valence-corrected chi connectivity index (χ0v) is 19.8. The summed E-state index contributed by atoms with van der Waals surface area (Å²) in [6.07, 6.45) is 7.90. The van der Waals surface area contributed by atoms with Crippen LogP contribution >= 0.6 is 11.8 Å². The summed E-state index contributed by atoms with van der Waals surface area (Å²) < 4.78 is 5.28. The van der Waals surface area contributed by atoms with E-state index in [2.05, 4.69) is 70.9 Å². The van der Waals surface area contributed by atoms with Crippen LogP contribution in [0.3, 0.4) is 0 Å². The molecule has 0 radical (unpaired) electrons. The minimum Gasteiger partial charge on any atom is -0.466 e. The second kappa shape index (κ2) is 8.52. The molecule has 0 atom stereocenters. The van der Waals surface area contributed by atoms with Crippen LogP contribution in [0.1, 0.15) is 69.7 Å². The van der Waals surface area contributed by atoms with E-state index in [4.69, 9.17) is 11.2 Å². The van der Waals surface area contributed by atoms with Crippen LogP contribution in [-0.2, 0) is 21.4 Å². The molecule has 1 aliphatic heterocycles. The molecule has 158 valence electrons. The summed E-state index contributed by atoms with van der Waals surface area (Å²) in [5.74, 6) is 2.63. The van der Waals surface area contributed by atoms with E-state index in [0.717, 1.165) is 23.1 Å². The smallest absolute Gasteiger partial charge is 0.306 e. The lowest BCUT2D eigenvalue weighted by Crippen LogP contribution is -2.33. The van der Waals surface area contributed by atoms with Gasteiger partial charge in [-0.2, -0.15) is 0 Å². The van der Waals surface area contributed by atoms with Crippen molar-refractivity contribution in [1.29, 1.82) is 0 Å². The minimum atomic E-state index is -0.183. The predicted molar refractivity (Wildman–Crippen MR) is 127 cm³/mol. The molecule has 0 aromatic heterocycles. The number of esters is 1. The Labute approximate surface area is 185 Å². The third-order valence-electron chi connectivity index (χ3n) is 5.79. The first-order valence-corrected chi connectivity index (χ1v) is 11.5. The van der Waals surface area contributed by atoms with Crippen LogP contribution in [0.5, 0.6) is 0 Å². The molecule has 3 rings (SSSR count). The molecular weight excluding hydrogens is 388 g/mol. The number of aryl methyl sites for hydroxylation is 2. The first-order valence-electron chi connectivity index (χ1n) is 10.7. The molecule has 0 N–H and O–H groups in total. The molecule has 30 heavy (non-hydrogen) atoms. The highest BCUT2D eigenvalue weighted by atomic mass is 32.2. The second-order valence-electron chi connectivity index (χ2n) is 9.41. The van der Waals surface area contributed by atoms with Crippen molar-refractivity contribution in [1.82, 2.24) is 0 Å². The SMILES string of the molecule is C#Cc1cc(-c2cc3c(cc2C)SC(C)(C)CC3(C)C)ccc1CCC(=O)OCC. The molecule has 0 unspecified atom stereocenters. The highest BCUT2D eigenvalue weighted by Crippen LogP contribution is 2.52. The van der Waals surface area contributed by atoms with E-state index in [9.17, 15) is 4.79 Å². The maximum Gasteiger partial charge on any atom is 0.306 e. The van der Waals surface area contributed by atoms with E-state index < -0.39 is 0 Å². The van der Waals surface area contributed by atoms with E-state index in [1.54, 1.807) is 0 Å². The highest BCUT2D eigenvalue weighted by molar-refractivity contribution is 8.00. The van der Waals surface area contributed by atoms with Crippen molar-refractivity contribution < 1.29 is 9.53 Å². The third kappa shape index (κ3) is 4.76. The molecule has 0 saturated heterocycles. The molecule has 3 heteroatoms. The molecule has 0 bridgehead atoms. The van der Waals surface area contributed by atoms with Gasteiger partial charge in [-0.1, -0.05) is 45.7 Å². The van der Waals surface area contributed by atoms with Gasteiger partial charge < -0.3 is 4.74 Å². The summed E-state index contributed by atoms with van der Waals surface area (Å²) in [6.45, 7) is 13.8. The fourth-order valence-corrected chi connectivity index (χ4v) is 6.37. The average molecular weight is 421 g/mol. The Hall–Kier alpha value is -2.18. The van der Waals surface area contributed by atoms with E-state index in [-0.39, 0.29) is 16.1 Å². The normalized spacial score (nSPS) is 16.4. The van der Waals surface area contributed by atoms with Gasteiger partial charge >= 0.3 is 5.97 Å². The van der Waals surface area contributed by atoms with Crippen molar-refractivity contribution in [3.63, 3.8) is 0 Å². The number of carbonyl (C=O) groups excluding carboxylic acids is 1. The summed E-state index contributed by atoms with van der Waals surface area (Å²) in [5, 5.41) is 0. The lowest BCUT2D eigenvalue weighted by atomic mass is 9.75. The maximum atomic E-state index is 11.7. The molecule has 0 spiro atoms. The van der Waals surface area contributed by atoms with Gasteiger partial charge in [0.25, 0.3) is 0 Å². The summed E-state index contributed by atoms with van der Waals surface area (Å²) in [6, 6.07) is 11.0. The van der Waals surface area contributed by atoms with Crippen LogP contribution in [0.25, 0.3) is 11.1 Å². The Kier molecular flexibility index (Phi) is 6.39. The first-order chi connectivity index (χ1) is 14.1. The molecule has 0 aliphatic carbocycles. The van der Waals surface area contributed by atoms with Crippen LogP contribution in [0.2, 0.25) is 0 Å². The van der Waals surface area contributed by atoms with Gasteiger partial charge in [-0.15, -0.1) is 18.2 Å². The van der Waals surface area contributed by atoms with Crippen LogP contribution < -0.4 is 0 Å². The Bertz CT molecular complexity index is 1010. The van der Waals surface area contributed by atoms with Gasteiger partial charge in [-0.3, -0.25) is 4.79 Å². The molecule has 0 fully saturated rings. The Morgan fingerprint density at radius 1 is 1.20 bits per heavy atom. The van der Waals surface area contributed by atoms with Gasteiger partial charge in [0.15, 0.2) is 0 Å². The van der Waals surface area contributed by atoms with E-state index in [1.165, 1.54) is 21.6 Å². The number of hydrogen-bond acceptors (Lipinski definition) is 3.